The lowest BCUT2D eigenvalue weighted by Gasteiger charge is -2.20. The van der Waals surface area contributed by atoms with Crippen LogP contribution < -0.4 is 9.62 Å². The standard InChI is InChI=1S/C23H15F7N2O3S/c1-11-6-8-12(9-7-11)36(34,35)32-10-14(13-4-2-3-5-15(13)32)22(33)31-21-19(26)17(24)16(23(28,29)30)18(25)20(21)27/h2-9,14H,10H2,1H3,(H,31,33). The van der Waals surface area contributed by atoms with Gasteiger partial charge >= 0.3 is 6.18 Å². The van der Waals surface area contributed by atoms with Crippen molar-refractivity contribution in [1.82, 2.24) is 0 Å². The third-order valence-corrected chi connectivity index (χ3v) is 7.44. The molecule has 1 amide bonds. The Labute approximate surface area is 200 Å². The maximum absolute atomic E-state index is 14.3. The molecule has 0 spiro atoms. The predicted molar refractivity (Wildman–Crippen MR) is 115 cm³/mol. The third-order valence-electron chi connectivity index (χ3n) is 5.65. The van der Waals surface area contributed by atoms with E-state index in [4.69, 9.17) is 0 Å². The zero-order valence-corrected chi connectivity index (χ0v) is 18.9. The number of anilines is 2. The third kappa shape index (κ3) is 4.16. The van der Waals surface area contributed by atoms with E-state index in [0.29, 0.717) is 0 Å². The highest BCUT2D eigenvalue weighted by Crippen LogP contribution is 2.42. The zero-order chi connectivity index (χ0) is 26.6. The van der Waals surface area contributed by atoms with Crippen LogP contribution in [0.5, 0.6) is 0 Å². The average molecular weight is 532 g/mol. The van der Waals surface area contributed by atoms with Crippen LogP contribution in [0.25, 0.3) is 0 Å². The van der Waals surface area contributed by atoms with Gasteiger partial charge in [-0.25, -0.2) is 26.0 Å². The molecule has 0 aliphatic carbocycles. The van der Waals surface area contributed by atoms with Gasteiger partial charge in [-0.3, -0.25) is 9.10 Å². The molecule has 1 N–H and O–H groups in total. The highest BCUT2D eigenvalue weighted by molar-refractivity contribution is 7.92. The number of aryl methyl sites for hydroxylation is 1. The number of nitrogens with zero attached hydrogens (tertiary/aromatic N) is 1. The first-order valence-electron chi connectivity index (χ1n) is 10.2. The van der Waals surface area contributed by atoms with Crippen molar-refractivity contribution in [2.45, 2.75) is 23.9 Å². The molecule has 5 nitrogen and oxygen atoms in total. The second kappa shape index (κ2) is 8.80. The summed E-state index contributed by atoms with van der Waals surface area (Å²) in [6.45, 7) is 1.20. The van der Waals surface area contributed by atoms with Crippen LogP contribution in [-0.2, 0) is 21.0 Å². The monoisotopic (exact) mass is 532 g/mol. The fraction of sp³-hybridized carbons (Fsp3) is 0.174. The fourth-order valence-electron chi connectivity index (χ4n) is 3.86. The molecule has 0 aromatic heterocycles. The first kappa shape index (κ1) is 25.5. The SMILES string of the molecule is Cc1ccc(S(=O)(=O)N2CC(C(=O)Nc3c(F)c(F)c(C(F)(F)F)c(F)c3F)c3ccccc32)cc1. The van der Waals surface area contributed by atoms with E-state index in [9.17, 15) is 43.9 Å². The number of rotatable bonds is 4. The molecule has 0 saturated heterocycles. The summed E-state index contributed by atoms with van der Waals surface area (Å²) in [6, 6.07) is 11.5. The molecule has 0 fully saturated rings. The van der Waals surface area contributed by atoms with Crippen LogP contribution >= 0.6 is 0 Å². The molecule has 3 aromatic carbocycles. The van der Waals surface area contributed by atoms with Crippen LogP contribution in [0.2, 0.25) is 0 Å². The van der Waals surface area contributed by atoms with Crippen molar-refractivity contribution in [3.63, 3.8) is 0 Å². The number of alkyl halides is 3. The van der Waals surface area contributed by atoms with E-state index in [2.05, 4.69) is 0 Å². The number of fused-ring (bicyclic) bond motifs is 1. The number of para-hydroxylation sites is 1. The zero-order valence-electron chi connectivity index (χ0n) is 18.1. The lowest BCUT2D eigenvalue weighted by molar-refractivity contribution is -0.143. The number of hydrogen-bond donors (Lipinski definition) is 1. The van der Waals surface area contributed by atoms with E-state index < -0.39 is 69.1 Å². The van der Waals surface area contributed by atoms with Gasteiger partial charge in [-0.2, -0.15) is 13.2 Å². The minimum absolute atomic E-state index is 0.0731. The van der Waals surface area contributed by atoms with E-state index in [1.54, 1.807) is 24.4 Å². The number of sulfonamides is 1. The molecule has 1 unspecified atom stereocenters. The van der Waals surface area contributed by atoms with Crippen molar-refractivity contribution in [3.05, 3.63) is 88.5 Å². The Balaban J connectivity index is 1.71. The van der Waals surface area contributed by atoms with Crippen LogP contribution in [0.3, 0.4) is 0 Å². The van der Waals surface area contributed by atoms with Gasteiger partial charge in [0, 0.05) is 0 Å². The molecule has 1 aliphatic heterocycles. The number of benzene rings is 3. The molecule has 0 saturated carbocycles. The molecule has 0 bridgehead atoms. The number of carbonyl (C=O) groups is 1. The highest BCUT2D eigenvalue weighted by atomic mass is 32.2. The molecule has 36 heavy (non-hydrogen) atoms. The quantitative estimate of drug-likeness (QED) is 0.357. The number of carbonyl (C=O) groups excluding carboxylic acids is 1. The first-order chi connectivity index (χ1) is 16.7. The Morgan fingerprint density at radius 2 is 1.47 bits per heavy atom. The Kier molecular flexibility index (Phi) is 6.23. The predicted octanol–water partition coefficient (Wildman–Crippen LogP) is 5.50. The molecule has 1 aliphatic rings. The Hall–Kier alpha value is -3.61. The number of hydrogen-bond acceptors (Lipinski definition) is 3. The second-order valence-electron chi connectivity index (χ2n) is 7.95. The smallest absolute Gasteiger partial charge is 0.320 e. The lowest BCUT2D eigenvalue weighted by atomic mass is 10.0. The summed E-state index contributed by atoms with van der Waals surface area (Å²) in [4.78, 5) is 12.8. The van der Waals surface area contributed by atoms with Crippen molar-refractivity contribution < 1.29 is 43.9 Å². The summed E-state index contributed by atoms with van der Waals surface area (Å²) in [5.41, 5.74) is -3.58. The van der Waals surface area contributed by atoms with Gasteiger partial charge in [-0.15, -0.1) is 0 Å². The van der Waals surface area contributed by atoms with Crippen molar-refractivity contribution >= 4 is 27.3 Å². The maximum Gasteiger partial charge on any atom is 0.422 e. The van der Waals surface area contributed by atoms with Gasteiger partial charge < -0.3 is 5.32 Å². The van der Waals surface area contributed by atoms with E-state index in [1.807, 2.05) is 0 Å². The van der Waals surface area contributed by atoms with Crippen LogP contribution in [0.4, 0.5) is 42.1 Å². The Morgan fingerprint density at radius 3 is 2.03 bits per heavy atom. The van der Waals surface area contributed by atoms with Gasteiger partial charge in [0.15, 0.2) is 23.3 Å². The molecule has 13 heteroatoms. The molecule has 0 radical (unpaired) electrons. The number of halogens is 7. The molecule has 1 atom stereocenters. The van der Waals surface area contributed by atoms with Crippen molar-refractivity contribution in [1.29, 1.82) is 0 Å². The maximum atomic E-state index is 14.3. The summed E-state index contributed by atoms with van der Waals surface area (Å²) in [6.07, 6.45) is -5.74. The summed E-state index contributed by atoms with van der Waals surface area (Å²) in [7, 11) is -4.20. The van der Waals surface area contributed by atoms with Crippen molar-refractivity contribution in [3.8, 4) is 0 Å². The van der Waals surface area contributed by atoms with Crippen molar-refractivity contribution in [2.75, 3.05) is 16.2 Å². The topological polar surface area (TPSA) is 66.5 Å². The number of amides is 1. The minimum atomic E-state index is -5.74. The number of nitrogens with one attached hydrogen (secondary N) is 1. The summed E-state index contributed by atoms with van der Waals surface area (Å²) >= 11 is 0. The second-order valence-corrected chi connectivity index (χ2v) is 9.82. The van der Waals surface area contributed by atoms with Crippen LogP contribution in [-0.4, -0.2) is 20.9 Å². The summed E-state index contributed by atoms with van der Waals surface area (Å²) in [5, 5.41) is 1.58. The van der Waals surface area contributed by atoms with Crippen LogP contribution in [0, 0.1) is 30.2 Å². The minimum Gasteiger partial charge on any atom is -0.320 e. The molecule has 3 aromatic rings. The molecule has 190 valence electrons. The van der Waals surface area contributed by atoms with Gasteiger partial charge in [0.2, 0.25) is 5.91 Å². The summed E-state index contributed by atoms with van der Waals surface area (Å²) < 4.78 is 122. The molecule has 4 rings (SSSR count). The molecular weight excluding hydrogens is 517 g/mol. The average Bonchev–Trinajstić information content (AvgIpc) is 3.21. The Bertz CT molecular complexity index is 1440. The van der Waals surface area contributed by atoms with Gasteiger partial charge in [-0.05, 0) is 30.7 Å². The van der Waals surface area contributed by atoms with Crippen LogP contribution in [0.15, 0.2) is 53.4 Å². The lowest BCUT2D eigenvalue weighted by Crippen LogP contribution is -2.33. The highest BCUT2D eigenvalue weighted by Gasteiger charge is 2.44. The van der Waals surface area contributed by atoms with Crippen molar-refractivity contribution in [2.24, 2.45) is 0 Å². The van der Waals surface area contributed by atoms with Gasteiger partial charge in [0.25, 0.3) is 10.0 Å². The Morgan fingerprint density at radius 1 is 0.917 bits per heavy atom. The fourth-order valence-corrected chi connectivity index (χ4v) is 5.37. The van der Waals surface area contributed by atoms with E-state index >= 15 is 0 Å². The van der Waals surface area contributed by atoms with Gasteiger partial charge in [0.1, 0.15) is 11.3 Å². The van der Waals surface area contributed by atoms with Crippen LogP contribution in [0.1, 0.15) is 22.6 Å². The van der Waals surface area contributed by atoms with Gasteiger partial charge in [0.05, 0.1) is 23.0 Å². The summed E-state index contributed by atoms with van der Waals surface area (Å²) in [5.74, 6) is -13.1. The molecule has 1 heterocycles. The van der Waals surface area contributed by atoms with Gasteiger partial charge in [-0.1, -0.05) is 35.9 Å². The largest absolute Gasteiger partial charge is 0.422 e. The van der Waals surface area contributed by atoms with E-state index in [1.165, 1.54) is 36.4 Å². The van der Waals surface area contributed by atoms with E-state index in [0.717, 1.165) is 9.87 Å². The normalized spacial score (nSPS) is 15.7. The van der Waals surface area contributed by atoms with E-state index in [-0.39, 0.29) is 16.1 Å². The molecular formula is C23H15F7N2O3S. The first-order valence-corrected chi connectivity index (χ1v) is 11.6.